The first kappa shape index (κ1) is 32.4. The Morgan fingerprint density at radius 2 is 1.84 bits per heavy atom. The van der Waals surface area contributed by atoms with Crippen molar-refractivity contribution in [3.63, 3.8) is 0 Å². The van der Waals surface area contributed by atoms with Crippen LogP contribution in [0.5, 0.6) is 0 Å². The van der Waals surface area contributed by atoms with Crippen LogP contribution in [0, 0.1) is 10.1 Å². The SMILES string of the molecule is CC(=O)OC1/C=C/C[C@](OCc2ccccc2)(C(F)(F)F)c2nnc(o2)-c2nc(c(C(F)(F)F)cc2[N+](=O)[O-])NC(C)(C)C1. The van der Waals surface area contributed by atoms with Gasteiger partial charge < -0.3 is 19.2 Å². The number of hydrogen-bond donors (Lipinski definition) is 1. The van der Waals surface area contributed by atoms with E-state index in [1.807, 2.05) is 0 Å². The van der Waals surface area contributed by atoms with Crippen LogP contribution in [-0.2, 0) is 32.7 Å². The summed E-state index contributed by atoms with van der Waals surface area (Å²) in [5.41, 5.74) is -8.07. The van der Waals surface area contributed by atoms with Gasteiger partial charge in [0.1, 0.15) is 17.5 Å². The van der Waals surface area contributed by atoms with E-state index in [-0.39, 0.29) is 12.5 Å². The molecule has 1 N–H and O–H groups in total. The van der Waals surface area contributed by atoms with Crippen LogP contribution < -0.4 is 5.32 Å². The van der Waals surface area contributed by atoms with Crippen LogP contribution in [0.25, 0.3) is 11.6 Å². The number of ether oxygens (including phenoxy) is 2. The highest BCUT2D eigenvalue weighted by atomic mass is 19.4. The fraction of sp³-hybridized carbons (Fsp3) is 0.407. The summed E-state index contributed by atoms with van der Waals surface area (Å²) < 4.78 is 103. The number of alkyl halides is 6. The van der Waals surface area contributed by atoms with Gasteiger partial charge in [0.15, 0.2) is 0 Å². The van der Waals surface area contributed by atoms with Gasteiger partial charge in [-0.25, -0.2) is 4.98 Å². The van der Waals surface area contributed by atoms with Gasteiger partial charge >= 0.3 is 24.0 Å². The zero-order valence-corrected chi connectivity index (χ0v) is 23.3. The number of aromatic nitrogens is 3. The molecule has 2 atom stereocenters. The van der Waals surface area contributed by atoms with E-state index in [0.717, 1.165) is 19.1 Å². The van der Waals surface area contributed by atoms with Crippen molar-refractivity contribution in [2.75, 3.05) is 5.32 Å². The van der Waals surface area contributed by atoms with Crippen LogP contribution in [0.15, 0.2) is 53.0 Å². The van der Waals surface area contributed by atoms with Crippen LogP contribution in [0.4, 0.5) is 37.8 Å². The molecule has 3 heterocycles. The third kappa shape index (κ3) is 6.98. The maximum Gasteiger partial charge on any atom is 0.426 e. The lowest BCUT2D eigenvalue weighted by atomic mass is 9.93. The summed E-state index contributed by atoms with van der Waals surface area (Å²) in [6.45, 7) is 3.29. The van der Waals surface area contributed by atoms with Crippen LogP contribution in [0.2, 0.25) is 0 Å². The molecule has 0 saturated heterocycles. The summed E-state index contributed by atoms with van der Waals surface area (Å²) in [6, 6.07) is 7.97. The van der Waals surface area contributed by atoms with E-state index in [4.69, 9.17) is 13.9 Å². The molecule has 2 aromatic heterocycles. The predicted molar refractivity (Wildman–Crippen MR) is 140 cm³/mol. The first-order chi connectivity index (χ1) is 20.4. The molecule has 0 saturated carbocycles. The lowest BCUT2D eigenvalue weighted by molar-refractivity contribution is -0.384. The molecular weight excluding hydrogens is 604 g/mol. The zero-order valence-electron chi connectivity index (χ0n) is 23.3. The van der Waals surface area contributed by atoms with Crippen molar-refractivity contribution in [1.82, 2.24) is 15.2 Å². The minimum Gasteiger partial charge on any atom is -0.458 e. The van der Waals surface area contributed by atoms with E-state index in [0.29, 0.717) is 5.56 Å². The average molecular weight is 630 g/mol. The second kappa shape index (κ2) is 11.9. The molecule has 0 fully saturated rings. The number of carbonyl (C=O) groups excluding carboxylic acids is 1. The van der Waals surface area contributed by atoms with Crippen molar-refractivity contribution in [2.45, 2.75) is 69.8 Å². The van der Waals surface area contributed by atoms with Crippen molar-refractivity contribution in [3.8, 4) is 11.6 Å². The zero-order chi connectivity index (χ0) is 32.5. The minimum atomic E-state index is -5.24. The third-order valence-corrected chi connectivity index (χ3v) is 6.51. The van der Waals surface area contributed by atoms with Crippen molar-refractivity contribution in [3.05, 3.63) is 75.7 Å². The molecule has 4 bridgehead atoms. The highest BCUT2D eigenvalue weighted by Gasteiger charge is 2.61. The largest absolute Gasteiger partial charge is 0.458 e. The van der Waals surface area contributed by atoms with E-state index in [9.17, 15) is 41.3 Å². The summed E-state index contributed by atoms with van der Waals surface area (Å²) in [7, 11) is 0. The molecule has 11 nitrogen and oxygen atoms in total. The van der Waals surface area contributed by atoms with Crippen molar-refractivity contribution < 1.29 is 50.0 Å². The summed E-state index contributed by atoms with van der Waals surface area (Å²) in [5.74, 6) is -3.86. The van der Waals surface area contributed by atoms with E-state index < -0.39 is 88.1 Å². The smallest absolute Gasteiger partial charge is 0.426 e. The van der Waals surface area contributed by atoms with Crippen molar-refractivity contribution >= 4 is 17.5 Å². The molecule has 4 rings (SSSR count). The maximum atomic E-state index is 15.0. The molecule has 1 unspecified atom stereocenters. The van der Waals surface area contributed by atoms with Gasteiger partial charge in [0.05, 0.1) is 11.5 Å². The molecule has 236 valence electrons. The topological polar surface area (TPSA) is 143 Å². The molecule has 3 aromatic rings. The molecule has 44 heavy (non-hydrogen) atoms. The highest BCUT2D eigenvalue weighted by Crippen LogP contribution is 2.47. The third-order valence-electron chi connectivity index (χ3n) is 6.51. The first-order valence-corrected chi connectivity index (χ1v) is 12.9. The summed E-state index contributed by atoms with van der Waals surface area (Å²) >= 11 is 0. The van der Waals surface area contributed by atoms with Gasteiger partial charge in [-0.1, -0.05) is 36.4 Å². The average Bonchev–Trinajstić information content (AvgIpc) is 3.38. The van der Waals surface area contributed by atoms with Gasteiger partial charge in [0.25, 0.3) is 11.8 Å². The Balaban J connectivity index is 1.99. The molecule has 1 aliphatic rings. The molecule has 17 heteroatoms. The van der Waals surface area contributed by atoms with E-state index in [1.54, 1.807) is 18.2 Å². The Bertz CT molecular complexity index is 1560. The number of anilines is 1. The lowest BCUT2D eigenvalue weighted by Crippen LogP contribution is -2.45. The summed E-state index contributed by atoms with van der Waals surface area (Å²) in [4.78, 5) is 26.2. The Labute approximate surface area is 245 Å². The number of esters is 1. The van der Waals surface area contributed by atoms with Crippen molar-refractivity contribution in [2.24, 2.45) is 0 Å². The number of rotatable bonds is 5. The molecule has 0 radical (unpaired) electrons. The standard InChI is InChI=1S/C27H25F6N5O6/c1-15(39)43-17-10-7-11-25(27(31,32)33,42-14-16-8-5-4-6-9-16)23-37-36-22(44-23)20-19(38(40)41)12-18(26(28,29)30)21(34-20)35-24(2,3)13-17/h4-10,12,17H,11,13-14H2,1-3H3,(H,34,35)/b10-7+/t17?,25-/m1/s1. The van der Waals surface area contributed by atoms with Gasteiger partial charge in [-0.3, -0.25) is 14.9 Å². The number of benzene rings is 1. The van der Waals surface area contributed by atoms with Crippen LogP contribution in [0.1, 0.15) is 50.6 Å². The van der Waals surface area contributed by atoms with Crippen LogP contribution in [-0.4, -0.2) is 43.9 Å². The van der Waals surface area contributed by atoms with Crippen LogP contribution in [0.3, 0.4) is 0 Å². The van der Waals surface area contributed by atoms with Gasteiger partial charge in [0, 0.05) is 31.4 Å². The lowest BCUT2D eigenvalue weighted by Gasteiger charge is -2.33. The van der Waals surface area contributed by atoms with Gasteiger partial charge in [-0.05, 0) is 25.5 Å². The molecule has 0 spiro atoms. The molecule has 0 aliphatic carbocycles. The number of nitrogens with one attached hydrogen (secondary N) is 1. The molecule has 1 aliphatic heterocycles. The Hall–Kier alpha value is -4.54. The van der Waals surface area contributed by atoms with Crippen molar-refractivity contribution in [1.29, 1.82) is 0 Å². The minimum absolute atomic E-state index is 0.169. The Morgan fingerprint density at radius 1 is 1.16 bits per heavy atom. The summed E-state index contributed by atoms with van der Waals surface area (Å²) in [5, 5.41) is 21.4. The second-order valence-corrected chi connectivity index (χ2v) is 10.5. The fourth-order valence-electron chi connectivity index (χ4n) is 4.52. The summed E-state index contributed by atoms with van der Waals surface area (Å²) in [6.07, 6.45) is -10.7. The first-order valence-electron chi connectivity index (χ1n) is 12.9. The van der Waals surface area contributed by atoms with Gasteiger partial charge in [-0.15, -0.1) is 10.2 Å². The second-order valence-electron chi connectivity index (χ2n) is 10.5. The number of halogens is 6. The van der Waals surface area contributed by atoms with E-state index in [2.05, 4.69) is 20.5 Å². The fourth-order valence-corrected chi connectivity index (χ4v) is 4.52. The van der Waals surface area contributed by atoms with Crippen LogP contribution >= 0.6 is 0 Å². The van der Waals surface area contributed by atoms with E-state index >= 15 is 0 Å². The number of pyridine rings is 1. The monoisotopic (exact) mass is 629 g/mol. The van der Waals surface area contributed by atoms with Gasteiger partial charge in [-0.2, -0.15) is 26.3 Å². The number of nitrogens with zero attached hydrogens (tertiary/aromatic N) is 4. The number of fused-ring (bicyclic) bond motifs is 5. The van der Waals surface area contributed by atoms with E-state index in [1.165, 1.54) is 26.0 Å². The number of carbonyl (C=O) groups is 1. The molecule has 1 aromatic carbocycles. The quantitative estimate of drug-likeness (QED) is 0.109. The predicted octanol–water partition coefficient (Wildman–Crippen LogP) is 6.51. The normalized spacial score (nSPS) is 21.1. The maximum absolute atomic E-state index is 15.0. The molecule has 0 amide bonds. The molecular formula is C27H25F6N5O6. The Kier molecular flexibility index (Phi) is 8.73. The number of nitro groups is 1. The highest BCUT2D eigenvalue weighted by molar-refractivity contribution is 5.68. The Morgan fingerprint density at radius 3 is 2.43 bits per heavy atom. The van der Waals surface area contributed by atoms with Gasteiger partial charge in [0.2, 0.25) is 11.3 Å². The number of hydrogen-bond acceptors (Lipinski definition) is 10.